The lowest BCUT2D eigenvalue weighted by atomic mass is 10.0. The van der Waals surface area contributed by atoms with Gasteiger partial charge in [-0.05, 0) is 25.2 Å². The molecule has 0 spiro atoms. The van der Waals surface area contributed by atoms with E-state index in [4.69, 9.17) is 5.11 Å². The van der Waals surface area contributed by atoms with Crippen molar-refractivity contribution in [2.45, 2.75) is 39.0 Å². The Kier molecular flexibility index (Phi) is 9.08. The second kappa shape index (κ2) is 9.66. The third-order valence-corrected chi connectivity index (χ3v) is 2.31. The van der Waals surface area contributed by atoms with Gasteiger partial charge in [0.05, 0.1) is 6.61 Å². The number of aliphatic hydroxyl groups excluding tert-OH is 1. The molecule has 1 N–H and O–H groups in total. The van der Waals surface area contributed by atoms with Crippen molar-refractivity contribution < 1.29 is 9.90 Å². The minimum absolute atomic E-state index is 0.0810. The molecule has 0 rings (SSSR count). The van der Waals surface area contributed by atoms with Gasteiger partial charge < -0.3 is 5.11 Å². The van der Waals surface area contributed by atoms with E-state index in [0.717, 1.165) is 19.3 Å². The Labute approximate surface area is 92.7 Å². The summed E-state index contributed by atoms with van der Waals surface area (Å²) in [6.07, 6.45) is 9.57. The van der Waals surface area contributed by atoms with Gasteiger partial charge in [-0.3, -0.25) is 4.79 Å². The van der Waals surface area contributed by atoms with Gasteiger partial charge >= 0.3 is 0 Å². The molecule has 0 amide bonds. The van der Waals surface area contributed by atoms with Gasteiger partial charge in [0.15, 0.2) is 0 Å². The maximum atomic E-state index is 11.4. The standard InChI is InChI=1S/C13H22O2/c1-3-4-5-8-13(15)10-9-12(2)7-6-11-14/h3,6-7,12,14H,1,4-5,8-11H2,2H3/b7-6+/t12-/m0/s1. The summed E-state index contributed by atoms with van der Waals surface area (Å²) >= 11 is 0. The maximum absolute atomic E-state index is 11.4. The van der Waals surface area contributed by atoms with Crippen molar-refractivity contribution >= 4 is 5.78 Å². The maximum Gasteiger partial charge on any atom is 0.132 e. The van der Waals surface area contributed by atoms with Crippen molar-refractivity contribution in [3.05, 3.63) is 24.8 Å². The van der Waals surface area contributed by atoms with Crippen LogP contribution in [0.5, 0.6) is 0 Å². The normalized spacial score (nSPS) is 12.9. The summed E-state index contributed by atoms with van der Waals surface area (Å²) < 4.78 is 0. The van der Waals surface area contributed by atoms with Gasteiger partial charge in [0.2, 0.25) is 0 Å². The Bertz CT molecular complexity index is 207. The van der Waals surface area contributed by atoms with E-state index in [9.17, 15) is 4.79 Å². The summed E-state index contributed by atoms with van der Waals surface area (Å²) in [6, 6.07) is 0. The third-order valence-electron chi connectivity index (χ3n) is 2.31. The molecule has 1 atom stereocenters. The van der Waals surface area contributed by atoms with Gasteiger partial charge in [0.1, 0.15) is 5.78 Å². The molecule has 0 aliphatic heterocycles. The second-order valence-corrected chi connectivity index (χ2v) is 3.85. The number of rotatable bonds is 9. The van der Waals surface area contributed by atoms with Crippen LogP contribution in [-0.2, 0) is 4.79 Å². The lowest BCUT2D eigenvalue weighted by molar-refractivity contribution is -0.119. The van der Waals surface area contributed by atoms with Crippen molar-refractivity contribution in [2.24, 2.45) is 5.92 Å². The molecule has 0 radical (unpaired) electrons. The molecule has 0 saturated heterocycles. The minimum Gasteiger partial charge on any atom is -0.392 e. The van der Waals surface area contributed by atoms with Crippen LogP contribution in [0.3, 0.4) is 0 Å². The molecule has 0 aromatic heterocycles. The van der Waals surface area contributed by atoms with Crippen LogP contribution in [0.1, 0.15) is 39.0 Å². The van der Waals surface area contributed by atoms with Crippen molar-refractivity contribution in [3.63, 3.8) is 0 Å². The van der Waals surface area contributed by atoms with Crippen LogP contribution in [0.4, 0.5) is 0 Å². The summed E-state index contributed by atoms with van der Waals surface area (Å²) in [4.78, 5) is 11.4. The van der Waals surface area contributed by atoms with E-state index >= 15 is 0 Å². The minimum atomic E-state index is 0.0810. The van der Waals surface area contributed by atoms with Gasteiger partial charge in [-0.25, -0.2) is 0 Å². The van der Waals surface area contributed by atoms with Crippen LogP contribution >= 0.6 is 0 Å². The van der Waals surface area contributed by atoms with E-state index in [2.05, 4.69) is 13.5 Å². The highest BCUT2D eigenvalue weighted by Crippen LogP contribution is 2.10. The first-order valence-electron chi connectivity index (χ1n) is 5.60. The SMILES string of the molecule is C=CCCCC(=O)CC[C@@H](C)/C=C/CO. The van der Waals surface area contributed by atoms with Crippen molar-refractivity contribution in [1.82, 2.24) is 0 Å². The summed E-state index contributed by atoms with van der Waals surface area (Å²) in [5, 5.41) is 8.57. The third kappa shape index (κ3) is 9.42. The van der Waals surface area contributed by atoms with Gasteiger partial charge in [-0.15, -0.1) is 6.58 Å². The Morgan fingerprint density at radius 3 is 2.80 bits per heavy atom. The van der Waals surface area contributed by atoms with Crippen molar-refractivity contribution in [2.75, 3.05) is 6.61 Å². The number of ketones is 1. The number of hydrogen-bond acceptors (Lipinski definition) is 2. The van der Waals surface area contributed by atoms with Crippen LogP contribution < -0.4 is 0 Å². The molecule has 0 aliphatic rings. The van der Waals surface area contributed by atoms with Crippen LogP contribution in [-0.4, -0.2) is 17.5 Å². The van der Waals surface area contributed by atoms with Gasteiger partial charge in [-0.2, -0.15) is 0 Å². The Hall–Kier alpha value is -0.890. The molecule has 86 valence electrons. The number of allylic oxidation sites excluding steroid dienone is 2. The first-order valence-corrected chi connectivity index (χ1v) is 5.60. The second-order valence-electron chi connectivity index (χ2n) is 3.85. The first kappa shape index (κ1) is 14.1. The number of Topliss-reactive ketones (excluding diaryl/α,β-unsaturated/α-hetero) is 1. The molecule has 0 aliphatic carbocycles. The molecule has 0 unspecified atom stereocenters. The quantitative estimate of drug-likeness (QED) is 0.469. The van der Waals surface area contributed by atoms with Crippen LogP contribution in [0.15, 0.2) is 24.8 Å². The van der Waals surface area contributed by atoms with Crippen molar-refractivity contribution in [1.29, 1.82) is 0 Å². The highest BCUT2D eigenvalue weighted by molar-refractivity contribution is 5.78. The predicted octanol–water partition coefficient (Wildman–Crippen LogP) is 2.88. The van der Waals surface area contributed by atoms with E-state index in [-0.39, 0.29) is 6.61 Å². The number of aliphatic hydroxyl groups is 1. The largest absolute Gasteiger partial charge is 0.392 e. The zero-order chi connectivity index (χ0) is 11.5. The number of carbonyl (C=O) groups is 1. The monoisotopic (exact) mass is 210 g/mol. The lowest BCUT2D eigenvalue weighted by Crippen LogP contribution is -2.00. The molecular weight excluding hydrogens is 188 g/mol. The highest BCUT2D eigenvalue weighted by Gasteiger charge is 2.03. The van der Waals surface area contributed by atoms with Crippen LogP contribution in [0, 0.1) is 5.92 Å². The highest BCUT2D eigenvalue weighted by atomic mass is 16.2. The molecule has 0 saturated carbocycles. The average molecular weight is 210 g/mol. The van der Waals surface area contributed by atoms with Crippen LogP contribution in [0.2, 0.25) is 0 Å². The molecule has 0 bridgehead atoms. The Morgan fingerprint density at radius 2 is 2.20 bits per heavy atom. The number of hydrogen-bond donors (Lipinski definition) is 1. The lowest BCUT2D eigenvalue weighted by Gasteiger charge is -2.04. The molecule has 2 nitrogen and oxygen atoms in total. The molecule has 0 heterocycles. The van der Waals surface area contributed by atoms with E-state index in [1.807, 2.05) is 12.2 Å². The number of unbranched alkanes of at least 4 members (excludes halogenated alkanes) is 1. The molecular formula is C13H22O2. The van der Waals surface area contributed by atoms with E-state index < -0.39 is 0 Å². The fourth-order valence-electron chi connectivity index (χ4n) is 1.35. The van der Waals surface area contributed by atoms with Crippen LogP contribution in [0.25, 0.3) is 0 Å². The van der Waals surface area contributed by atoms with E-state index in [0.29, 0.717) is 24.5 Å². The zero-order valence-electron chi connectivity index (χ0n) is 9.61. The summed E-state index contributed by atoms with van der Waals surface area (Å²) in [6.45, 7) is 5.76. The first-order chi connectivity index (χ1) is 7.20. The molecule has 2 heteroatoms. The van der Waals surface area contributed by atoms with Gasteiger partial charge in [0, 0.05) is 12.8 Å². The fourth-order valence-corrected chi connectivity index (χ4v) is 1.35. The topological polar surface area (TPSA) is 37.3 Å². The summed E-state index contributed by atoms with van der Waals surface area (Å²) in [7, 11) is 0. The predicted molar refractivity (Wildman–Crippen MR) is 63.7 cm³/mol. The number of carbonyl (C=O) groups excluding carboxylic acids is 1. The average Bonchev–Trinajstić information content (AvgIpc) is 2.24. The van der Waals surface area contributed by atoms with Gasteiger partial charge in [0.25, 0.3) is 0 Å². The zero-order valence-corrected chi connectivity index (χ0v) is 9.61. The Morgan fingerprint density at radius 1 is 1.47 bits per heavy atom. The molecule has 0 fully saturated rings. The summed E-state index contributed by atoms with van der Waals surface area (Å²) in [5.41, 5.74) is 0. The fraction of sp³-hybridized carbons (Fsp3) is 0.615. The van der Waals surface area contributed by atoms with Crippen molar-refractivity contribution in [3.8, 4) is 0 Å². The van der Waals surface area contributed by atoms with E-state index in [1.165, 1.54) is 0 Å². The van der Waals surface area contributed by atoms with Gasteiger partial charge in [-0.1, -0.05) is 25.2 Å². The summed E-state index contributed by atoms with van der Waals surface area (Å²) in [5.74, 6) is 0.710. The Balaban J connectivity index is 3.52. The molecule has 0 aromatic rings. The molecule has 0 aromatic carbocycles. The molecule has 15 heavy (non-hydrogen) atoms. The van der Waals surface area contributed by atoms with E-state index in [1.54, 1.807) is 6.08 Å². The smallest absolute Gasteiger partial charge is 0.132 e.